The standard InChI is InChI=1S/C15H23N3O2/c1-17-15(19)12-5-6-14(13(16)11-12)20-10-9-18-7-3-2-4-8-18/h5-6,11H,2-4,7-10,16H2,1H3,(H,17,19). The molecule has 0 saturated carbocycles. The molecule has 1 aliphatic rings. The van der Waals surface area contributed by atoms with E-state index in [2.05, 4.69) is 10.2 Å². The van der Waals surface area contributed by atoms with E-state index >= 15 is 0 Å². The lowest BCUT2D eigenvalue weighted by molar-refractivity contribution is 0.0963. The highest BCUT2D eigenvalue weighted by molar-refractivity contribution is 5.95. The topological polar surface area (TPSA) is 67.6 Å². The van der Waals surface area contributed by atoms with Crippen LogP contribution in [0.3, 0.4) is 0 Å². The van der Waals surface area contributed by atoms with Crippen molar-refractivity contribution in [2.24, 2.45) is 0 Å². The molecule has 5 heteroatoms. The van der Waals surface area contributed by atoms with Gasteiger partial charge in [-0.3, -0.25) is 9.69 Å². The summed E-state index contributed by atoms with van der Waals surface area (Å²) >= 11 is 0. The Labute approximate surface area is 120 Å². The maximum atomic E-state index is 11.5. The van der Waals surface area contributed by atoms with Crippen LogP contribution in [-0.4, -0.2) is 44.1 Å². The number of ether oxygens (including phenoxy) is 1. The van der Waals surface area contributed by atoms with Gasteiger partial charge in [-0.05, 0) is 44.1 Å². The van der Waals surface area contributed by atoms with Gasteiger partial charge in [0, 0.05) is 19.2 Å². The number of nitrogens with one attached hydrogen (secondary N) is 1. The zero-order chi connectivity index (χ0) is 14.4. The van der Waals surface area contributed by atoms with Crippen LogP contribution in [0.5, 0.6) is 5.75 Å². The maximum Gasteiger partial charge on any atom is 0.251 e. The van der Waals surface area contributed by atoms with E-state index in [0.29, 0.717) is 23.6 Å². The van der Waals surface area contributed by atoms with Crippen molar-refractivity contribution in [3.63, 3.8) is 0 Å². The van der Waals surface area contributed by atoms with Crippen LogP contribution < -0.4 is 15.8 Å². The third kappa shape index (κ3) is 3.87. The first-order chi connectivity index (χ1) is 9.70. The monoisotopic (exact) mass is 277 g/mol. The minimum atomic E-state index is -0.142. The van der Waals surface area contributed by atoms with Gasteiger partial charge in [0.1, 0.15) is 12.4 Å². The highest BCUT2D eigenvalue weighted by atomic mass is 16.5. The van der Waals surface area contributed by atoms with Crippen molar-refractivity contribution in [3.05, 3.63) is 23.8 Å². The zero-order valence-electron chi connectivity index (χ0n) is 12.0. The molecule has 1 saturated heterocycles. The number of piperidine rings is 1. The van der Waals surface area contributed by atoms with Crippen LogP contribution in [0, 0.1) is 0 Å². The summed E-state index contributed by atoms with van der Waals surface area (Å²) < 4.78 is 5.71. The second kappa shape index (κ2) is 7.14. The zero-order valence-corrected chi connectivity index (χ0v) is 12.0. The van der Waals surface area contributed by atoms with Crippen LogP contribution in [0.4, 0.5) is 5.69 Å². The molecule has 0 unspecified atom stereocenters. The van der Waals surface area contributed by atoms with Gasteiger partial charge in [-0.1, -0.05) is 6.42 Å². The fraction of sp³-hybridized carbons (Fsp3) is 0.533. The lowest BCUT2D eigenvalue weighted by Crippen LogP contribution is -2.33. The van der Waals surface area contributed by atoms with E-state index in [1.807, 2.05) is 0 Å². The highest BCUT2D eigenvalue weighted by Gasteiger charge is 2.11. The van der Waals surface area contributed by atoms with Crippen LogP contribution in [0.1, 0.15) is 29.6 Å². The quantitative estimate of drug-likeness (QED) is 0.800. The van der Waals surface area contributed by atoms with Gasteiger partial charge in [0.2, 0.25) is 0 Å². The van der Waals surface area contributed by atoms with Gasteiger partial charge in [-0.25, -0.2) is 0 Å². The molecule has 1 aliphatic heterocycles. The molecule has 2 rings (SSSR count). The van der Waals surface area contributed by atoms with Crippen molar-refractivity contribution in [1.29, 1.82) is 0 Å². The molecule has 3 N–H and O–H groups in total. The molecule has 5 nitrogen and oxygen atoms in total. The first-order valence-electron chi connectivity index (χ1n) is 7.17. The van der Waals surface area contributed by atoms with Crippen LogP contribution >= 0.6 is 0 Å². The summed E-state index contributed by atoms with van der Waals surface area (Å²) in [6, 6.07) is 5.14. The summed E-state index contributed by atoms with van der Waals surface area (Å²) in [6.45, 7) is 3.88. The maximum absolute atomic E-state index is 11.5. The van der Waals surface area contributed by atoms with Crippen molar-refractivity contribution in [2.45, 2.75) is 19.3 Å². The first-order valence-corrected chi connectivity index (χ1v) is 7.17. The summed E-state index contributed by atoms with van der Waals surface area (Å²) in [5, 5.41) is 2.57. The number of carbonyl (C=O) groups is 1. The number of hydrogen-bond acceptors (Lipinski definition) is 4. The lowest BCUT2D eigenvalue weighted by Gasteiger charge is -2.26. The molecule has 0 aromatic heterocycles. The fourth-order valence-corrected chi connectivity index (χ4v) is 2.43. The SMILES string of the molecule is CNC(=O)c1ccc(OCCN2CCCCC2)c(N)c1. The average Bonchev–Trinajstić information content (AvgIpc) is 2.49. The predicted molar refractivity (Wildman–Crippen MR) is 80.0 cm³/mol. The largest absolute Gasteiger partial charge is 0.490 e. The molecule has 0 atom stereocenters. The molecule has 0 aliphatic carbocycles. The molecule has 0 bridgehead atoms. The summed E-state index contributed by atoms with van der Waals surface area (Å²) in [4.78, 5) is 13.9. The minimum absolute atomic E-state index is 0.142. The number of likely N-dealkylation sites (tertiary alicyclic amines) is 1. The van der Waals surface area contributed by atoms with E-state index in [1.54, 1.807) is 25.2 Å². The number of nitrogens with zero attached hydrogens (tertiary/aromatic N) is 1. The number of nitrogen functional groups attached to an aromatic ring is 1. The Bertz CT molecular complexity index is 456. The number of anilines is 1. The Hall–Kier alpha value is -1.75. The van der Waals surface area contributed by atoms with Crippen LogP contribution in [0.15, 0.2) is 18.2 Å². The Morgan fingerprint density at radius 1 is 1.35 bits per heavy atom. The second-order valence-corrected chi connectivity index (χ2v) is 5.08. The summed E-state index contributed by atoms with van der Waals surface area (Å²) in [5.74, 6) is 0.506. The average molecular weight is 277 g/mol. The third-order valence-corrected chi connectivity index (χ3v) is 3.61. The molecule has 1 amide bonds. The summed E-state index contributed by atoms with van der Waals surface area (Å²) in [7, 11) is 1.60. The molecule has 1 aromatic rings. The van der Waals surface area contributed by atoms with Crippen molar-refractivity contribution >= 4 is 11.6 Å². The fourth-order valence-electron chi connectivity index (χ4n) is 2.43. The molecule has 1 fully saturated rings. The smallest absolute Gasteiger partial charge is 0.251 e. The number of nitrogens with two attached hydrogens (primary N) is 1. The van der Waals surface area contributed by atoms with Gasteiger partial charge in [-0.2, -0.15) is 0 Å². The van der Waals surface area contributed by atoms with Crippen molar-refractivity contribution < 1.29 is 9.53 Å². The molecular weight excluding hydrogens is 254 g/mol. The van der Waals surface area contributed by atoms with Crippen LogP contribution in [0.2, 0.25) is 0 Å². The van der Waals surface area contributed by atoms with E-state index in [1.165, 1.54) is 19.3 Å². The Balaban J connectivity index is 1.84. The van der Waals surface area contributed by atoms with Gasteiger partial charge in [-0.15, -0.1) is 0 Å². The molecule has 110 valence electrons. The van der Waals surface area contributed by atoms with Gasteiger partial charge >= 0.3 is 0 Å². The second-order valence-electron chi connectivity index (χ2n) is 5.08. The van der Waals surface area contributed by atoms with Gasteiger partial charge in [0.15, 0.2) is 0 Å². The Morgan fingerprint density at radius 2 is 2.10 bits per heavy atom. The normalized spacial score (nSPS) is 15.8. The van der Waals surface area contributed by atoms with Gasteiger partial charge in [0.05, 0.1) is 5.69 Å². The van der Waals surface area contributed by atoms with E-state index in [0.717, 1.165) is 19.6 Å². The summed E-state index contributed by atoms with van der Waals surface area (Å²) in [6.07, 6.45) is 3.90. The van der Waals surface area contributed by atoms with Crippen molar-refractivity contribution in [2.75, 3.05) is 39.0 Å². The molecule has 0 spiro atoms. The van der Waals surface area contributed by atoms with Crippen molar-refractivity contribution in [1.82, 2.24) is 10.2 Å². The summed E-state index contributed by atoms with van der Waals surface area (Å²) in [5.41, 5.74) is 6.97. The van der Waals surface area contributed by atoms with E-state index in [9.17, 15) is 4.79 Å². The van der Waals surface area contributed by atoms with E-state index in [-0.39, 0.29) is 5.91 Å². The number of amides is 1. The molecule has 20 heavy (non-hydrogen) atoms. The molecular formula is C15H23N3O2. The predicted octanol–water partition coefficient (Wildman–Crippen LogP) is 1.49. The number of carbonyl (C=O) groups excluding carboxylic acids is 1. The third-order valence-electron chi connectivity index (χ3n) is 3.61. The lowest BCUT2D eigenvalue weighted by atomic mass is 10.1. The highest BCUT2D eigenvalue weighted by Crippen LogP contribution is 2.22. The van der Waals surface area contributed by atoms with E-state index < -0.39 is 0 Å². The minimum Gasteiger partial charge on any atom is -0.490 e. The number of benzene rings is 1. The van der Waals surface area contributed by atoms with E-state index in [4.69, 9.17) is 10.5 Å². The van der Waals surface area contributed by atoms with Crippen LogP contribution in [0.25, 0.3) is 0 Å². The molecule has 1 heterocycles. The first kappa shape index (κ1) is 14.7. The molecule has 1 aromatic carbocycles. The number of hydrogen-bond donors (Lipinski definition) is 2. The Kier molecular flexibility index (Phi) is 5.24. The molecule has 0 radical (unpaired) electrons. The van der Waals surface area contributed by atoms with Crippen LogP contribution in [-0.2, 0) is 0 Å². The van der Waals surface area contributed by atoms with Gasteiger partial charge in [0.25, 0.3) is 5.91 Å². The Morgan fingerprint density at radius 3 is 2.75 bits per heavy atom. The van der Waals surface area contributed by atoms with Crippen molar-refractivity contribution in [3.8, 4) is 5.75 Å². The number of rotatable bonds is 5. The van der Waals surface area contributed by atoms with Gasteiger partial charge < -0.3 is 15.8 Å².